The summed E-state index contributed by atoms with van der Waals surface area (Å²) >= 11 is 0. The normalized spacial score (nSPS) is 27.9. The molecule has 24 heavy (non-hydrogen) atoms. The highest BCUT2D eigenvalue weighted by atomic mass is 16.5. The third-order valence-electron chi connectivity index (χ3n) is 5.25. The zero-order chi connectivity index (χ0) is 16.5. The molecule has 4 rings (SSSR count). The lowest BCUT2D eigenvalue weighted by molar-refractivity contribution is -0.121. The molecule has 1 heterocycles. The summed E-state index contributed by atoms with van der Waals surface area (Å²) in [7, 11) is 0. The number of hydrogen-bond acceptors (Lipinski definition) is 4. The second-order valence-corrected chi connectivity index (χ2v) is 6.73. The van der Waals surface area contributed by atoms with E-state index in [0.717, 1.165) is 18.6 Å². The molecule has 1 amide bonds. The minimum Gasteiger partial charge on any atom is -0.439 e. The lowest BCUT2D eigenvalue weighted by Gasteiger charge is -2.26. The molecule has 2 bridgehead atoms. The molecule has 4 atom stereocenters. The van der Waals surface area contributed by atoms with Crippen LogP contribution in [0.1, 0.15) is 19.3 Å². The van der Waals surface area contributed by atoms with Crippen LogP contribution in [0.25, 0.3) is 0 Å². The summed E-state index contributed by atoms with van der Waals surface area (Å²) in [5.74, 6) is 2.15. The molecule has 2 aromatic rings. The van der Waals surface area contributed by atoms with Crippen LogP contribution in [0.15, 0.2) is 48.7 Å². The van der Waals surface area contributed by atoms with Crippen LogP contribution in [0, 0.1) is 17.8 Å². The smallest absolute Gasteiger partial charge is 0.229 e. The van der Waals surface area contributed by atoms with Gasteiger partial charge in [0.1, 0.15) is 5.75 Å². The second-order valence-electron chi connectivity index (χ2n) is 6.73. The number of aromatic nitrogens is 1. The van der Waals surface area contributed by atoms with Crippen molar-refractivity contribution in [1.82, 2.24) is 4.98 Å². The first kappa shape index (κ1) is 15.1. The molecule has 4 unspecified atom stereocenters. The van der Waals surface area contributed by atoms with Gasteiger partial charge in [0.05, 0.1) is 17.8 Å². The summed E-state index contributed by atoms with van der Waals surface area (Å²) < 4.78 is 5.65. The molecule has 0 aliphatic heterocycles. The predicted molar refractivity (Wildman–Crippen MR) is 91.7 cm³/mol. The van der Waals surface area contributed by atoms with Gasteiger partial charge in [-0.1, -0.05) is 18.2 Å². The average Bonchev–Trinajstić information content (AvgIpc) is 3.18. The van der Waals surface area contributed by atoms with Crippen LogP contribution in [0.3, 0.4) is 0 Å². The van der Waals surface area contributed by atoms with Crippen molar-refractivity contribution in [3.8, 4) is 11.6 Å². The van der Waals surface area contributed by atoms with E-state index in [0.29, 0.717) is 23.4 Å². The number of benzene rings is 1. The summed E-state index contributed by atoms with van der Waals surface area (Å²) in [4.78, 5) is 16.8. The second kappa shape index (κ2) is 6.24. The Labute approximate surface area is 141 Å². The maximum absolute atomic E-state index is 12.5. The van der Waals surface area contributed by atoms with E-state index in [1.165, 1.54) is 6.42 Å². The minimum absolute atomic E-state index is 0.00241. The number of nitrogens with two attached hydrogens (primary N) is 1. The molecule has 2 aliphatic carbocycles. The van der Waals surface area contributed by atoms with E-state index in [9.17, 15) is 4.79 Å². The van der Waals surface area contributed by atoms with Crippen molar-refractivity contribution >= 4 is 11.6 Å². The van der Waals surface area contributed by atoms with Crippen LogP contribution in [0.5, 0.6) is 11.6 Å². The van der Waals surface area contributed by atoms with E-state index in [-0.39, 0.29) is 17.9 Å². The van der Waals surface area contributed by atoms with E-state index in [4.69, 9.17) is 10.5 Å². The Morgan fingerprint density at radius 2 is 1.92 bits per heavy atom. The SMILES string of the molecule is NC1C2CCC(C2)C1C(=O)Nc1ccc(Oc2ccccc2)nc1. The summed E-state index contributed by atoms with van der Waals surface area (Å²) in [6.07, 6.45) is 5.01. The zero-order valence-corrected chi connectivity index (χ0v) is 13.4. The molecule has 3 N–H and O–H groups in total. The number of fused-ring (bicyclic) bond motifs is 2. The van der Waals surface area contributed by atoms with Crippen LogP contribution in [-0.4, -0.2) is 16.9 Å². The van der Waals surface area contributed by atoms with Gasteiger partial charge >= 0.3 is 0 Å². The molecule has 1 aromatic carbocycles. The van der Waals surface area contributed by atoms with Crippen molar-refractivity contribution in [3.05, 3.63) is 48.7 Å². The topological polar surface area (TPSA) is 77.2 Å². The summed E-state index contributed by atoms with van der Waals surface area (Å²) in [6.45, 7) is 0. The van der Waals surface area contributed by atoms with E-state index in [1.54, 1.807) is 12.3 Å². The molecule has 2 aliphatic rings. The molecule has 0 saturated heterocycles. The Hall–Kier alpha value is -2.40. The molecule has 2 saturated carbocycles. The lowest BCUT2D eigenvalue weighted by Crippen LogP contribution is -2.42. The number of amides is 1. The van der Waals surface area contributed by atoms with Crippen molar-refractivity contribution < 1.29 is 9.53 Å². The number of nitrogens with one attached hydrogen (secondary N) is 1. The Morgan fingerprint density at radius 3 is 2.58 bits per heavy atom. The predicted octanol–water partition coefficient (Wildman–Crippen LogP) is 3.19. The summed E-state index contributed by atoms with van der Waals surface area (Å²) in [5.41, 5.74) is 6.91. The quantitative estimate of drug-likeness (QED) is 0.906. The van der Waals surface area contributed by atoms with Gasteiger partial charge < -0.3 is 15.8 Å². The van der Waals surface area contributed by atoms with Crippen molar-refractivity contribution in [1.29, 1.82) is 0 Å². The molecule has 5 heteroatoms. The average molecular weight is 323 g/mol. The van der Waals surface area contributed by atoms with Crippen LogP contribution >= 0.6 is 0 Å². The Bertz CT molecular complexity index is 715. The molecule has 124 valence electrons. The Morgan fingerprint density at radius 1 is 1.12 bits per heavy atom. The Balaban J connectivity index is 1.39. The van der Waals surface area contributed by atoms with Gasteiger partial charge in [0, 0.05) is 12.1 Å². The van der Waals surface area contributed by atoms with Gasteiger partial charge in [-0.05, 0) is 49.3 Å². The van der Waals surface area contributed by atoms with Gasteiger partial charge in [0.2, 0.25) is 11.8 Å². The molecule has 0 radical (unpaired) electrons. The molecular formula is C19H21N3O2. The highest BCUT2D eigenvalue weighted by Crippen LogP contribution is 2.47. The molecule has 2 fully saturated rings. The van der Waals surface area contributed by atoms with E-state index < -0.39 is 0 Å². The third kappa shape index (κ3) is 2.87. The first-order valence-electron chi connectivity index (χ1n) is 8.46. The molecule has 5 nitrogen and oxygen atoms in total. The monoisotopic (exact) mass is 323 g/mol. The number of ether oxygens (including phenoxy) is 1. The molecular weight excluding hydrogens is 302 g/mol. The minimum atomic E-state index is -0.0657. The van der Waals surface area contributed by atoms with Crippen LogP contribution in [-0.2, 0) is 4.79 Å². The van der Waals surface area contributed by atoms with Crippen molar-refractivity contribution in [3.63, 3.8) is 0 Å². The maximum Gasteiger partial charge on any atom is 0.229 e. The van der Waals surface area contributed by atoms with Crippen LogP contribution in [0.2, 0.25) is 0 Å². The fourth-order valence-electron chi connectivity index (χ4n) is 4.07. The number of carbonyl (C=O) groups is 1. The van der Waals surface area contributed by atoms with Crippen molar-refractivity contribution in [2.45, 2.75) is 25.3 Å². The largest absolute Gasteiger partial charge is 0.439 e. The van der Waals surface area contributed by atoms with Gasteiger partial charge in [-0.3, -0.25) is 4.79 Å². The number of para-hydroxylation sites is 1. The van der Waals surface area contributed by atoms with E-state index in [2.05, 4.69) is 10.3 Å². The Kier molecular flexibility index (Phi) is 3.94. The van der Waals surface area contributed by atoms with Crippen LogP contribution in [0.4, 0.5) is 5.69 Å². The number of nitrogens with zero attached hydrogens (tertiary/aromatic N) is 1. The number of carbonyl (C=O) groups excluding carboxylic acids is 1. The van der Waals surface area contributed by atoms with E-state index in [1.807, 2.05) is 36.4 Å². The highest BCUT2D eigenvalue weighted by Gasteiger charge is 2.49. The van der Waals surface area contributed by atoms with Crippen molar-refractivity contribution in [2.75, 3.05) is 5.32 Å². The first-order valence-corrected chi connectivity index (χ1v) is 8.46. The fourth-order valence-corrected chi connectivity index (χ4v) is 4.07. The number of hydrogen-bond donors (Lipinski definition) is 2. The number of anilines is 1. The first-order chi connectivity index (χ1) is 11.7. The zero-order valence-electron chi connectivity index (χ0n) is 13.4. The maximum atomic E-state index is 12.5. The number of rotatable bonds is 4. The van der Waals surface area contributed by atoms with Gasteiger partial charge in [0.15, 0.2) is 0 Å². The van der Waals surface area contributed by atoms with E-state index >= 15 is 0 Å². The summed E-state index contributed by atoms with van der Waals surface area (Å²) in [5, 5.41) is 2.95. The lowest BCUT2D eigenvalue weighted by atomic mass is 9.84. The van der Waals surface area contributed by atoms with Gasteiger partial charge in [0.25, 0.3) is 0 Å². The van der Waals surface area contributed by atoms with Gasteiger partial charge in [-0.25, -0.2) is 4.98 Å². The van der Waals surface area contributed by atoms with Gasteiger partial charge in [-0.2, -0.15) is 0 Å². The molecule has 0 spiro atoms. The fraction of sp³-hybridized carbons (Fsp3) is 0.368. The molecule has 1 aromatic heterocycles. The van der Waals surface area contributed by atoms with Crippen molar-refractivity contribution in [2.24, 2.45) is 23.5 Å². The van der Waals surface area contributed by atoms with Crippen LogP contribution < -0.4 is 15.8 Å². The van der Waals surface area contributed by atoms with Gasteiger partial charge in [-0.15, -0.1) is 0 Å². The standard InChI is InChI=1S/C19H21N3O2/c20-18-13-7-6-12(10-13)17(18)19(23)22-14-8-9-16(21-11-14)24-15-4-2-1-3-5-15/h1-5,8-9,11-13,17-18H,6-7,10,20H2,(H,22,23). The third-order valence-corrected chi connectivity index (χ3v) is 5.25. The number of pyridine rings is 1. The summed E-state index contributed by atoms with van der Waals surface area (Å²) in [6, 6.07) is 13.0. The highest BCUT2D eigenvalue weighted by molar-refractivity contribution is 5.93.